The third-order valence-electron chi connectivity index (χ3n) is 4.55. The molecule has 114 valence electrons. The molecule has 0 radical (unpaired) electrons. The first kappa shape index (κ1) is 13.6. The van der Waals surface area contributed by atoms with Crippen LogP contribution in [-0.2, 0) is 13.0 Å². The fourth-order valence-corrected chi connectivity index (χ4v) is 5.36. The standard InChI is InChI=1S/C18H15N3S2/c1-2-5-13-9-21-14(8-12(13)4-1)10-23-18(21)20-16-11-22-17-15(16)6-3-7-19-17/h1-7,11,14H,8-10H2/t14-/m0/s1. The lowest BCUT2D eigenvalue weighted by atomic mass is 9.95. The predicted molar refractivity (Wildman–Crippen MR) is 98.7 cm³/mol. The molecule has 2 aliphatic rings. The number of aromatic nitrogens is 1. The highest BCUT2D eigenvalue weighted by molar-refractivity contribution is 8.14. The van der Waals surface area contributed by atoms with Gasteiger partial charge in [-0.2, -0.15) is 0 Å². The summed E-state index contributed by atoms with van der Waals surface area (Å²) in [5, 5.41) is 4.44. The molecule has 5 heteroatoms. The molecule has 0 unspecified atom stereocenters. The van der Waals surface area contributed by atoms with Gasteiger partial charge in [0, 0.05) is 35.3 Å². The second-order valence-electron chi connectivity index (χ2n) is 5.94. The SMILES string of the molecule is c1ccc2c(c1)C[C@H]1CSC(=Nc3csc4ncccc34)N1C2. The summed E-state index contributed by atoms with van der Waals surface area (Å²) in [6.07, 6.45) is 2.98. The molecule has 0 amide bonds. The molecule has 1 atom stereocenters. The molecule has 23 heavy (non-hydrogen) atoms. The van der Waals surface area contributed by atoms with Crippen molar-refractivity contribution >= 4 is 44.2 Å². The topological polar surface area (TPSA) is 28.5 Å². The second-order valence-corrected chi connectivity index (χ2v) is 7.78. The van der Waals surface area contributed by atoms with Crippen molar-refractivity contribution in [3.8, 4) is 0 Å². The fraction of sp³-hybridized carbons (Fsp3) is 0.222. The van der Waals surface area contributed by atoms with Crippen molar-refractivity contribution in [2.45, 2.75) is 19.0 Å². The van der Waals surface area contributed by atoms with Gasteiger partial charge in [0.25, 0.3) is 0 Å². The van der Waals surface area contributed by atoms with E-state index in [1.807, 2.05) is 24.0 Å². The number of rotatable bonds is 1. The minimum absolute atomic E-state index is 0.580. The molecule has 1 aromatic carbocycles. The molecule has 0 bridgehead atoms. The lowest BCUT2D eigenvalue weighted by Crippen LogP contribution is -2.38. The van der Waals surface area contributed by atoms with E-state index in [1.54, 1.807) is 11.3 Å². The highest BCUT2D eigenvalue weighted by Gasteiger charge is 2.34. The maximum Gasteiger partial charge on any atom is 0.165 e. The summed E-state index contributed by atoms with van der Waals surface area (Å²) in [6, 6.07) is 13.5. The average molecular weight is 337 g/mol. The van der Waals surface area contributed by atoms with Crippen molar-refractivity contribution in [1.82, 2.24) is 9.88 Å². The molecule has 3 aromatic rings. The van der Waals surface area contributed by atoms with E-state index in [1.165, 1.54) is 11.1 Å². The molecule has 1 saturated heterocycles. The summed E-state index contributed by atoms with van der Waals surface area (Å²) in [6.45, 7) is 0.979. The number of aliphatic imine (C=N–C) groups is 1. The van der Waals surface area contributed by atoms with Crippen LogP contribution in [0.15, 0.2) is 53.0 Å². The van der Waals surface area contributed by atoms with Crippen LogP contribution in [0.1, 0.15) is 11.1 Å². The first-order valence-corrected chi connectivity index (χ1v) is 9.62. The largest absolute Gasteiger partial charge is 0.343 e. The Bertz CT molecular complexity index is 915. The zero-order chi connectivity index (χ0) is 15.2. The van der Waals surface area contributed by atoms with Crippen LogP contribution in [0.5, 0.6) is 0 Å². The summed E-state index contributed by atoms with van der Waals surface area (Å²) in [4.78, 5) is 12.9. The monoisotopic (exact) mass is 337 g/mol. The van der Waals surface area contributed by atoms with Gasteiger partial charge in [0.1, 0.15) is 4.83 Å². The number of fused-ring (bicyclic) bond motifs is 3. The van der Waals surface area contributed by atoms with Crippen molar-refractivity contribution in [3.05, 3.63) is 59.1 Å². The van der Waals surface area contributed by atoms with Crippen LogP contribution in [0.25, 0.3) is 10.2 Å². The van der Waals surface area contributed by atoms with Crippen LogP contribution in [0.4, 0.5) is 5.69 Å². The molecule has 5 rings (SSSR count). The van der Waals surface area contributed by atoms with E-state index in [0.29, 0.717) is 6.04 Å². The third-order valence-corrected chi connectivity index (χ3v) is 6.58. The van der Waals surface area contributed by atoms with Gasteiger partial charge in [-0.1, -0.05) is 36.0 Å². The zero-order valence-corrected chi connectivity index (χ0v) is 14.1. The van der Waals surface area contributed by atoms with Crippen molar-refractivity contribution in [2.24, 2.45) is 4.99 Å². The number of hydrogen-bond donors (Lipinski definition) is 0. The number of benzene rings is 1. The summed E-state index contributed by atoms with van der Waals surface area (Å²) < 4.78 is 0. The number of nitrogens with zero attached hydrogens (tertiary/aromatic N) is 3. The first-order chi connectivity index (χ1) is 11.4. The predicted octanol–water partition coefficient (Wildman–Crippen LogP) is 4.46. The Morgan fingerprint density at radius 1 is 1.13 bits per heavy atom. The lowest BCUT2D eigenvalue weighted by molar-refractivity contribution is 0.320. The number of thioether (sulfide) groups is 1. The van der Waals surface area contributed by atoms with Gasteiger partial charge in [-0.15, -0.1) is 11.3 Å². The summed E-state index contributed by atoms with van der Waals surface area (Å²) in [7, 11) is 0. The van der Waals surface area contributed by atoms with Crippen LogP contribution >= 0.6 is 23.1 Å². The van der Waals surface area contributed by atoms with Gasteiger partial charge in [-0.05, 0) is 29.7 Å². The van der Waals surface area contributed by atoms with Gasteiger partial charge in [0.2, 0.25) is 0 Å². The summed E-state index contributed by atoms with van der Waals surface area (Å²) >= 11 is 3.55. The number of pyridine rings is 1. The molecule has 4 heterocycles. The quantitative estimate of drug-likeness (QED) is 0.656. The third kappa shape index (κ3) is 2.26. The van der Waals surface area contributed by atoms with Gasteiger partial charge < -0.3 is 4.90 Å². The Hall–Kier alpha value is -1.85. The fourth-order valence-electron chi connectivity index (χ4n) is 3.35. The Labute approximate surface area is 143 Å². The number of thiophene rings is 1. The van der Waals surface area contributed by atoms with Crippen LogP contribution < -0.4 is 0 Å². The molecule has 2 aliphatic heterocycles. The maximum atomic E-state index is 4.98. The van der Waals surface area contributed by atoms with E-state index in [0.717, 1.165) is 39.8 Å². The molecule has 1 fully saturated rings. The Morgan fingerprint density at radius 2 is 2.04 bits per heavy atom. The molecular weight excluding hydrogens is 322 g/mol. The molecule has 3 nitrogen and oxygen atoms in total. The van der Waals surface area contributed by atoms with E-state index in [9.17, 15) is 0 Å². The van der Waals surface area contributed by atoms with Crippen LogP contribution in [0, 0.1) is 0 Å². The van der Waals surface area contributed by atoms with Gasteiger partial charge in [-0.3, -0.25) is 0 Å². The van der Waals surface area contributed by atoms with Crippen molar-refractivity contribution in [3.63, 3.8) is 0 Å². The summed E-state index contributed by atoms with van der Waals surface area (Å²) in [5.74, 6) is 1.13. The first-order valence-electron chi connectivity index (χ1n) is 7.75. The molecule has 0 spiro atoms. The number of amidine groups is 1. The molecule has 2 aromatic heterocycles. The highest BCUT2D eigenvalue weighted by Crippen LogP contribution is 2.37. The highest BCUT2D eigenvalue weighted by atomic mass is 32.2. The van der Waals surface area contributed by atoms with E-state index in [-0.39, 0.29) is 0 Å². The van der Waals surface area contributed by atoms with Gasteiger partial charge in [-0.25, -0.2) is 9.98 Å². The van der Waals surface area contributed by atoms with E-state index < -0.39 is 0 Å². The minimum atomic E-state index is 0.580. The maximum absolute atomic E-state index is 4.98. The Morgan fingerprint density at radius 3 is 3.00 bits per heavy atom. The zero-order valence-electron chi connectivity index (χ0n) is 12.5. The molecule has 0 aliphatic carbocycles. The van der Waals surface area contributed by atoms with Crippen molar-refractivity contribution in [2.75, 3.05) is 5.75 Å². The lowest BCUT2D eigenvalue weighted by Gasteiger charge is -2.32. The normalized spacial score (nSPS) is 21.7. The van der Waals surface area contributed by atoms with Crippen LogP contribution in [0.2, 0.25) is 0 Å². The van der Waals surface area contributed by atoms with Crippen molar-refractivity contribution < 1.29 is 0 Å². The van der Waals surface area contributed by atoms with E-state index in [4.69, 9.17) is 4.99 Å². The molecule has 0 saturated carbocycles. The Kier molecular flexibility index (Phi) is 3.16. The smallest absolute Gasteiger partial charge is 0.165 e. The van der Waals surface area contributed by atoms with Crippen LogP contribution in [0.3, 0.4) is 0 Å². The second kappa shape index (κ2) is 5.35. The minimum Gasteiger partial charge on any atom is -0.343 e. The van der Waals surface area contributed by atoms with E-state index in [2.05, 4.69) is 45.6 Å². The average Bonchev–Trinajstić information content (AvgIpc) is 3.18. The summed E-state index contributed by atoms with van der Waals surface area (Å²) in [5.41, 5.74) is 4.00. The van der Waals surface area contributed by atoms with Crippen LogP contribution in [-0.4, -0.2) is 26.8 Å². The van der Waals surface area contributed by atoms with Crippen molar-refractivity contribution in [1.29, 1.82) is 0 Å². The van der Waals surface area contributed by atoms with E-state index >= 15 is 0 Å². The van der Waals surface area contributed by atoms with Gasteiger partial charge in [0.15, 0.2) is 5.17 Å². The molecule has 0 N–H and O–H groups in total. The molecular formula is C18H15N3S2. The number of hydrogen-bond acceptors (Lipinski definition) is 4. The Balaban J connectivity index is 1.53. The van der Waals surface area contributed by atoms with Gasteiger partial charge >= 0.3 is 0 Å². The van der Waals surface area contributed by atoms with Gasteiger partial charge in [0.05, 0.1) is 5.69 Å².